The van der Waals surface area contributed by atoms with E-state index in [-0.39, 0.29) is 0 Å². The van der Waals surface area contributed by atoms with Crippen LogP contribution in [0.25, 0.3) is 5.82 Å². The van der Waals surface area contributed by atoms with Crippen LogP contribution in [0, 0.1) is 6.92 Å². The summed E-state index contributed by atoms with van der Waals surface area (Å²) in [4.78, 5) is 8.02. The number of halogens is 1. The van der Waals surface area contributed by atoms with Crippen molar-refractivity contribution in [1.82, 2.24) is 19.7 Å². The second kappa shape index (κ2) is 3.38. The van der Waals surface area contributed by atoms with Crippen molar-refractivity contribution >= 4 is 21.6 Å². The lowest BCUT2D eigenvalue weighted by atomic mass is 10.2. The Morgan fingerprint density at radius 3 is 2.93 bits per heavy atom. The van der Waals surface area contributed by atoms with E-state index < -0.39 is 0 Å². The number of hydrogen-bond donors (Lipinski definition) is 1. The second-order valence-corrected chi connectivity index (χ2v) is 3.61. The Morgan fingerprint density at radius 1 is 1.50 bits per heavy atom. The van der Waals surface area contributed by atoms with E-state index in [2.05, 4.69) is 31.0 Å². The molecule has 2 N–H and O–H groups in total. The van der Waals surface area contributed by atoms with Gasteiger partial charge in [-0.15, -0.1) is 0 Å². The molecule has 0 bridgehead atoms. The summed E-state index contributed by atoms with van der Waals surface area (Å²) in [5.41, 5.74) is 7.31. The van der Waals surface area contributed by atoms with Gasteiger partial charge in [0.25, 0.3) is 0 Å². The van der Waals surface area contributed by atoms with Crippen LogP contribution in [0.5, 0.6) is 0 Å². The van der Waals surface area contributed by atoms with E-state index in [1.54, 1.807) is 17.2 Å². The highest BCUT2D eigenvalue weighted by Gasteiger charge is 2.09. The Morgan fingerprint density at radius 2 is 2.29 bits per heavy atom. The molecule has 14 heavy (non-hydrogen) atoms. The smallest absolute Gasteiger partial charge is 0.169 e. The molecule has 0 saturated carbocycles. The molecule has 72 valence electrons. The zero-order valence-corrected chi connectivity index (χ0v) is 9.06. The van der Waals surface area contributed by atoms with Crippen LogP contribution < -0.4 is 5.73 Å². The Labute approximate surface area is 89.1 Å². The molecule has 0 fully saturated rings. The molecule has 0 unspecified atom stereocenters. The molecule has 6 heteroatoms. The zero-order valence-electron chi connectivity index (χ0n) is 7.48. The molecule has 0 aliphatic heterocycles. The number of nitrogens with zero attached hydrogens (tertiary/aromatic N) is 4. The van der Waals surface area contributed by atoms with Crippen LogP contribution >= 0.6 is 15.9 Å². The lowest BCUT2D eigenvalue weighted by Crippen LogP contribution is -2.02. The van der Waals surface area contributed by atoms with Gasteiger partial charge >= 0.3 is 0 Å². The molecule has 0 amide bonds. The van der Waals surface area contributed by atoms with E-state index in [1.807, 2.05) is 6.92 Å². The molecule has 2 heterocycles. The van der Waals surface area contributed by atoms with E-state index in [1.165, 1.54) is 6.33 Å². The SMILES string of the molecule is Cc1c(N)cnc(-n2cncn2)c1Br. The molecule has 0 atom stereocenters. The third-order valence-electron chi connectivity index (χ3n) is 1.92. The molecule has 2 aromatic heterocycles. The average molecular weight is 254 g/mol. The Balaban J connectivity index is 2.61. The molecule has 5 nitrogen and oxygen atoms in total. The van der Waals surface area contributed by atoms with Gasteiger partial charge in [0.15, 0.2) is 5.82 Å². The summed E-state index contributed by atoms with van der Waals surface area (Å²) in [6.45, 7) is 1.92. The molecular formula is C8H8BrN5. The third-order valence-corrected chi connectivity index (χ3v) is 2.87. The summed E-state index contributed by atoms with van der Waals surface area (Å²) in [5.74, 6) is 0.689. The van der Waals surface area contributed by atoms with Crippen molar-refractivity contribution in [3.8, 4) is 5.82 Å². The molecule has 0 aliphatic rings. The summed E-state index contributed by atoms with van der Waals surface area (Å²) in [7, 11) is 0. The summed E-state index contributed by atoms with van der Waals surface area (Å²) < 4.78 is 2.42. The summed E-state index contributed by atoms with van der Waals surface area (Å²) in [5, 5.41) is 3.99. The number of hydrogen-bond acceptors (Lipinski definition) is 4. The van der Waals surface area contributed by atoms with Crippen molar-refractivity contribution in [2.75, 3.05) is 5.73 Å². The predicted octanol–water partition coefficient (Wildman–Crippen LogP) is 1.32. The number of pyridine rings is 1. The van der Waals surface area contributed by atoms with Crippen LogP contribution in [-0.2, 0) is 0 Å². The minimum Gasteiger partial charge on any atom is -0.397 e. The van der Waals surface area contributed by atoms with E-state index in [0.29, 0.717) is 11.5 Å². The largest absolute Gasteiger partial charge is 0.397 e. The van der Waals surface area contributed by atoms with Crippen molar-refractivity contribution in [3.63, 3.8) is 0 Å². The van der Waals surface area contributed by atoms with Crippen LogP contribution in [0.15, 0.2) is 23.3 Å². The molecule has 0 radical (unpaired) electrons. The maximum atomic E-state index is 5.71. The van der Waals surface area contributed by atoms with Gasteiger partial charge in [-0.2, -0.15) is 5.10 Å². The molecule has 2 rings (SSSR count). The summed E-state index contributed by atoms with van der Waals surface area (Å²) in [6, 6.07) is 0. The first kappa shape index (κ1) is 9.14. The maximum Gasteiger partial charge on any atom is 0.169 e. The first-order valence-corrected chi connectivity index (χ1v) is 4.75. The van der Waals surface area contributed by atoms with Gasteiger partial charge < -0.3 is 5.73 Å². The first-order chi connectivity index (χ1) is 6.70. The van der Waals surface area contributed by atoms with Gasteiger partial charge in [-0.1, -0.05) is 0 Å². The molecule has 0 aliphatic carbocycles. The zero-order chi connectivity index (χ0) is 10.1. The van der Waals surface area contributed by atoms with Crippen molar-refractivity contribution in [3.05, 3.63) is 28.9 Å². The predicted molar refractivity (Wildman–Crippen MR) is 56.0 cm³/mol. The topological polar surface area (TPSA) is 69.6 Å². The third kappa shape index (κ3) is 1.37. The van der Waals surface area contributed by atoms with Crippen molar-refractivity contribution in [1.29, 1.82) is 0 Å². The van der Waals surface area contributed by atoms with Gasteiger partial charge in [-0.05, 0) is 28.4 Å². The highest BCUT2D eigenvalue weighted by molar-refractivity contribution is 9.10. The minimum absolute atomic E-state index is 0.653. The van der Waals surface area contributed by atoms with Gasteiger partial charge in [-0.3, -0.25) is 0 Å². The average Bonchev–Trinajstić information content (AvgIpc) is 2.67. The maximum absolute atomic E-state index is 5.71. The monoisotopic (exact) mass is 253 g/mol. The number of anilines is 1. The normalized spacial score (nSPS) is 10.4. The van der Waals surface area contributed by atoms with Gasteiger partial charge in [-0.25, -0.2) is 14.6 Å². The minimum atomic E-state index is 0.653. The lowest BCUT2D eigenvalue weighted by molar-refractivity contribution is 0.838. The number of nitrogen functional groups attached to an aromatic ring is 1. The summed E-state index contributed by atoms with van der Waals surface area (Å²) in [6.07, 6.45) is 4.65. The van der Waals surface area contributed by atoms with Gasteiger partial charge in [0.05, 0.1) is 16.4 Å². The van der Waals surface area contributed by atoms with Crippen LogP contribution in [0.4, 0.5) is 5.69 Å². The van der Waals surface area contributed by atoms with Crippen molar-refractivity contribution < 1.29 is 0 Å². The molecule has 0 saturated heterocycles. The second-order valence-electron chi connectivity index (χ2n) is 2.82. The van der Waals surface area contributed by atoms with Crippen LogP contribution in [0.1, 0.15) is 5.56 Å². The van der Waals surface area contributed by atoms with E-state index in [0.717, 1.165) is 10.0 Å². The van der Waals surface area contributed by atoms with Crippen LogP contribution in [-0.4, -0.2) is 19.7 Å². The highest BCUT2D eigenvalue weighted by atomic mass is 79.9. The van der Waals surface area contributed by atoms with E-state index in [9.17, 15) is 0 Å². The Kier molecular flexibility index (Phi) is 2.20. The molecule has 2 aromatic rings. The van der Waals surface area contributed by atoms with Crippen LogP contribution in [0.3, 0.4) is 0 Å². The Hall–Kier alpha value is -1.43. The fourth-order valence-electron chi connectivity index (χ4n) is 1.06. The van der Waals surface area contributed by atoms with E-state index >= 15 is 0 Å². The fraction of sp³-hybridized carbons (Fsp3) is 0.125. The highest BCUT2D eigenvalue weighted by Crippen LogP contribution is 2.25. The quantitative estimate of drug-likeness (QED) is 0.833. The van der Waals surface area contributed by atoms with Gasteiger partial charge in [0.2, 0.25) is 0 Å². The van der Waals surface area contributed by atoms with E-state index in [4.69, 9.17) is 5.73 Å². The standard InChI is InChI=1S/C8H8BrN5/c1-5-6(10)2-12-8(7(5)9)14-4-11-3-13-14/h2-4H,10H2,1H3. The number of nitrogens with two attached hydrogens (primary N) is 1. The van der Waals surface area contributed by atoms with Crippen LogP contribution in [0.2, 0.25) is 0 Å². The summed E-state index contributed by atoms with van der Waals surface area (Å²) >= 11 is 3.42. The Bertz CT molecular complexity index is 451. The lowest BCUT2D eigenvalue weighted by Gasteiger charge is -2.07. The fourth-order valence-corrected chi connectivity index (χ4v) is 1.57. The number of rotatable bonds is 1. The molecular weight excluding hydrogens is 246 g/mol. The molecule has 0 aromatic carbocycles. The molecule has 0 spiro atoms. The first-order valence-electron chi connectivity index (χ1n) is 3.95. The van der Waals surface area contributed by atoms with Gasteiger partial charge in [0, 0.05) is 0 Å². The number of aromatic nitrogens is 4. The van der Waals surface area contributed by atoms with Crippen molar-refractivity contribution in [2.24, 2.45) is 0 Å². The van der Waals surface area contributed by atoms with Gasteiger partial charge in [0.1, 0.15) is 12.7 Å². The van der Waals surface area contributed by atoms with Crippen molar-refractivity contribution in [2.45, 2.75) is 6.92 Å².